The predicted octanol–water partition coefficient (Wildman–Crippen LogP) is 2.43. The molecule has 0 spiro atoms. The lowest BCUT2D eigenvalue weighted by Gasteiger charge is -2.22. The SMILES string of the molecule is O=C(NC1CCCCC1)c1ccc(NC2=N[C@H]3CS(=O)(=O)C[C@@H]3S2)cc1. The van der Waals surface area contributed by atoms with Crippen molar-refractivity contribution >= 4 is 38.4 Å². The molecule has 1 amide bonds. The molecule has 1 aromatic rings. The molecule has 3 aliphatic rings. The Morgan fingerprint density at radius 1 is 1.08 bits per heavy atom. The highest BCUT2D eigenvalue weighted by Crippen LogP contribution is 2.34. The second kappa shape index (κ2) is 7.23. The number of anilines is 1. The molecule has 26 heavy (non-hydrogen) atoms. The average molecular weight is 394 g/mol. The minimum atomic E-state index is -2.93. The van der Waals surface area contributed by atoms with Crippen LogP contribution in [0.25, 0.3) is 0 Å². The summed E-state index contributed by atoms with van der Waals surface area (Å²) in [6.45, 7) is 0. The van der Waals surface area contributed by atoms with Crippen LogP contribution in [0.5, 0.6) is 0 Å². The van der Waals surface area contributed by atoms with Crippen LogP contribution >= 0.6 is 11.8 Å². The molecule has 0 bridgehead atoms. The van der Waals surface area contributed by atoms with Gasteiger partial charge >= 0.3 is 0 Å². The second-order valence-electron chi connectivity index (χ2n) is 7.25. The van der Waals surface area contributed by atoms with Gasteiger partial charge in [-0.05, 0) is 37.1 Å². The molecule has 2 N–H and O–H groups in total. The number of nitrogens with one attached hydrogen (secondary N) is 2. The molecule has 2 fully saturated rings. The minimum Gasteiger partial charge on any atom is -0.349 e. The summed E-state index contributed by atoms with van der Waals surface area (Å²) in [6.07, 6.45) is 5.79. The first-order chi connectivity index (χ1) is 12.5. The van der Waals surface area contributed by atoms with Crippen LogP contribution in [-0.4, -0.2) is 48.3 Å². The highest BCUT2D eigenvalue weighted by molar-refractivity contribution is 8.15. The summed E-state index contributed by atoms with van der Waals surface area (Å²) in [4.78, 5) is 16.8. The number of hydrogen-bond acceptors (Lipinski definition) is 6. The van der Waals surface area contributed by atoms with Crippen molar-refractivity contribution in [3.05, 3.63) is 29.8 Å². The van der Waals surface area contributed by atoms with E-state index >= 15 is 0 Å². The van der Waals surface area contributed by atoms with Gasteiger partial charge in [-0.1, -0.05) is 31.0 Å². The van der Waals surface area contributed by atoms with Crippen molar-refractivity contribution in [2.75, 3.05) is 16.8 Å². The van der Waals surface area contributed by atoms with Crippen molar-refractivity contribution in [2.45, 2.75) is 49.4 Å². The van der Waals surface area contributed by atoms with Gasteiger partial charge in [0.1, 0.15) is 0 Å². The minimum absolute atomic E-state index is 0.0178. The van der Waals surface area contributed by atoms with Gasteiger partial charge in [-0.2, -0.15) is 0 Å². The number of amides is 1. The van der Waals surface area contributed by atoms with Crippen molar-refractivity contribution < 1.29 is 13.2 Å². The highest BCUT2D eigenvalue weighted by atomic mass is 32.2. The number of nitrogens with zero attached hydrogens (tertiary/aromatic N) is 1. The van der Waals surface area contributed by atoms with Crippen LogP contribution in [0.4, 0.5) is 5.69 Å². The molecule has 2 aliphatic heterocycles. The van der Waals surface area contributed by atoms with E-state index in [-0.39, 0.29) is 28.7 Å². The Labute approximate surface area is 158 Å². The lowest BCUT2D eigenvalue weighted by molar-refractivity contribution is 0.0927. The number of hydrogen-bond donors (Lipinski definition) is 2. The number of carbonyl (C=O) groups is 1. The fourth-order valence-corrected chi connectivity index (χ4v) is 7.44. The quantitative estimate of drug-likeness (QED) is 0.823. The molecular weight excluding hydrogens is 370 g/mol. The van der Waals surface area contributed by atoms with Gasteiger partial charge in [-0.15, -0.1) is 0 Å². The van der Waals surface area contributed by atoms with E-state index in [1.54, 1.807) is 0 Å². The smallest absolute Gasteiger partial charge is 0.251 e. The van der Waals surface area contributed by atoms with Crippen LogP contribution in [0.2, 0.25) is 0 Å². The molecule has 140 valence electrons. The summed E-state index contributed by atoms with van der Waals surface area (Å²) in [5.41, 5.74) is 1.51. The number of fused-ring (bicyclic) bond motifs is 1. The Bertz CT molecular complexity index is 815. The van der Waals surface area contributed by atoms with E-state index in [4.69, 9.17) is 0 Å². The monoisotopic (exact) mass is 393 g/mol. The summed E-state index contributed by atoms with van der Waals surface area (Å²) in [5.74, 6) is 0.337. The van der Waals surface area contributed by atoms with E-state index < -0.39 is 9.84 Å². The first kappa shape index (κ1) is 17.9. The number of amidine groups is 1. The molecule has 2 heterocycles. The fraction of sp³-hybridized carbons (Fsp3) is 0.556. The summed E-state index contributed by atoms with van der Waals surface area (Å²) < 4.78 is 23.2. The Balaban J connectivity index is 1.34. The molecule has 0 aromatic heterocycles. The second-order valence-corrected chi connectivity index (χ2v) is 10.6. The highest BCUT2D eigenvalue weighted by Gasteiger charge is 2.42. The Hall–Kier alpha value is -1.54. The van der Waals surface area contributed by atoms with E-state index in [9.17, 15) is 13.2 Å². The molecule has 0 unspecified atom stereocenters. The first-order valence-electron chi connectivity index (χ1n) is 9.11. The van der Waals surface area contributed by atoms with E-state index in [2.05, 4.69) is 15.6 Å². The van der Waals surface area contributed by atoms with Crippen molar-refractivity contribution in [3.8, 4) is 0 Å². The molecule has 1 aliphatic carbocycles. The topological polar surface area (TPSA) is 87.6 Å². The normalized spacial score (nSPS) is 27.6. The van der Waals surface area contributed by atoms with Crippen LogP contribution in [0.15, 0.2) is 29.3 Å². The van der Waals surface area contributed by atoms with Crippen molar-refractivity contribution in [2.24, 2.45) is 4.99 Å². The summed E-state index contributed by atoms with van der Waals surface area (Å²) in [5, 5.41) is 7.14. The van der Waals surface area contributed by atoms with Crippen LogP contribution in [-0.2, 0) is 9.84 Å². The van der Waals surface area contributed by atoms with E-state index in [0.717, 1.165) is 23.7 Å². The molecule has 1 saturated carbocycles. The van der Waals surface area contributed by atoms with Gasteiger partial charge in [-0.25, -0.2) is 8.42 Å². The number of sulfone groups is 1. The molecule has 4 rings (SSSR count). The zero-order valence-electron chi connectivity index (χ0n) is 14.5. The van der Waals surface area contributed by atoms with Crippen LogP contribution in [0.3, 0.4) is 0 Å². The largest absolute Gasteiger partial charge is 0.349 e. The maximum absolute atomic E-state index is 12.3. The maximum atomic E-state index is 12.3. The Morgan fingerprint density at radius 3 is 2.50 bits per heavy atom. The number of benzene rings is 1. The van der Waals surface area contributed by atoms with Gasteiger partial charge in [0.2, 0.25) is 0 Å². The van der Waals surface area contributed by atoms with Crippen LogP contribution in [0.1, 0.15) is 42.5 Å². The lowest BCUT2D eigenvalue weighted by atomic mass is 9.95. The summed E-state index contributed by atoms with van der Waals surface area (Å²) >= 11 is 1.49. The van der Waals surface area contributed by atoms with Crippen molar-refractivity contribution in [1.29, 1.82) is 0 Å². The van der Waals surface area contributed by atoms with Gasteiger partial charge in [0.05, 0.1) is 17.5 Å². The summed E-state index contributed by atoms with van der Waals surface area (Å²) in [7, 11) is -2.93. The summed E-state index contributed by atoms with van der Waals surface area (Å²) in [6, 6.07) is 7.52. The van der Waals surface area contributed by atoms with Gasteiger partial charge in [0, 0.05) is 22.5 Å². The van der Waals surface area contributed by atoms with E-state index in [1.165, 1.54) is 31.0 Å². The Kier molecular flexibility index (Phi) is 4.96. The predicted molar refractivity (Wildman–Crippen MR) is 106 cm³/mol. The van der Waals surface area contributed by atoms with E-state index in [1.807, 2.05) is 24.3 Å². The lowest BCUT2D eigenvalue weighted by Crippen LogP contribution is -2.36. The zero-order chi connectivity index (χ0) is 18.1. The third-order valence-electron chi connectivity index (χ3n) is 5.16. The number of aliphatic imine (C=N–C) groups is 1. The molecule has 1 saturated heterocycles. The molecule has 6 nitrogen and oxygen atoms in total. The number of rotatable bonds is 3. The maximum Gasteiger partial charge on any atom is 0.251 e. The van der Waals surface area contributed by atoms with Gasteiger partial charge < -0.3 is 10.6 Å². The van der Waals surface area contributed by atoms with Gasteiger partial charge in [0.15, 0.2) is 15.0 Å². The fourth-order valence-electron chi connectivity index (χ4n) is 3.76. The van der Waals surface area contributed by atoms with Gasteiger partial charge in [0.25, 0.3) is 5.91 Å². The molecule has 0 radical (unpaired) electrons. The standard InChI is InChI=1S/C18H23N3O3S2/c22-17(19-13-4-2-1-3-5-13)12-6-8-14(9-7-12)20-18-21-15-10-26(23,24)11-16(15)25-18/h6-9,13,15-16H,1-5,10-11H2,(H,19,22)(H,20,21)/t15-,16-/m0/s1. The number of thioether (sulfide) groups is 1. The van der Waals surface area contributed by atoms with Crippen molar-refractivity contribution in [1.82, 2.24) is 5.32 Å². The third-order valence-corrected chi connectivity index (χ3v) is 8.30. The van der Waals surface area contributed by atoms with Crippen LogP contribution in [0, 0.1) is 0 Å². The number of carbonyl (C=O) groups excluding carboxylic acids is 1. The molecule has 8 heteroatoms. The molecule has 2 atom stereocenters. The van der Waals surface area contributed by atoms with E-state index in [0.29, 0.717) is 11.6 Å². The molecular formula is C18H23N3O3S2. The van der Waals surface area contributed by atoms with Crippen LogP contribution < -0.4 is 10.6 Å². The van der Waals surface area contributed by atoms with Crippen molar-refractivity contribution in [3.63, 3.8) is 0 Å². The Morgan fingerprint density at radius 2 is 1.81 bits per heavy atom. The van der Waals surface area contributed by atoms with Gasteiger partial charge in [-0.3, -0.25) is 9.79 Å². The average Bonchev–Trinajstić information content (AvgIpc) is 3.09. The zero-order valence-corrected chi connectivity index (χ0v) is 16.1. The third kappa shape index (κ3) is 4.06. The molecule has 1 aromatic carbocycles. The first-order valence-corrected chi connectivity index (χ1v) is 11.8.